The van der Waals surface area contributed by atoms with Crippen LogP contribution in [0.2, 0.25) is 0 Å². The van der Waals surface area contributed by atoms with Crippen LogP contribution in [0.5, 0.6) is 0 Å². The molecule has 3 aromatic rings. The molecule has 0 bridgehead atoms. The molecule has 1 aromatic carbocycles. The van der Waals surface area contributed by atoms with E-state index in [-0.39, 0.29) is 6.04 Å². The van der Waals surface area contributed by atoms with Gasteiger partial charge < -0.3 is 10.4 Å². The van der Waals surface area contributed by atoms with Crippen LogP contribution in [-0.2, 0) is 11.8 Å². The average Bonchev–Trinajstić information content (AvgIpc) is 3.15. The van der Waals surface area contributed by atoms with Crippen molar-refractivity contribution >= 4 is 27.4 Å². The Hall–Kier alpha value is -2.19. The molecular weight excluding hydrogens is 423 g/mol. The molecule has 4 nitrogen and oxygen atoms in total. The Bertz CT molecular complexity index is 1090. The minimum atomic E-state index is -4.38. The van der Waals surface area contributed by atoms with Crippen LogP contribution in [0.1, 0.15) is 67.4 Å². The number of aryl methyl sites for hydroxylation is 1. The van der Waals surface area contributed by atoms with Gasteiger partial charge in [0.25, 0.3) is 0 Å². The SMILES string of the molecule is Cc1nc(N[C@H](C)c2cccc(C(F)(F)F)c2)c2sc(C3(O)CCC(C)CC3)cc2n1. The molecule has 1 aliphatic rings. The largest absolute Gasteiger partial charge is 0.416 e. The Kier molecular flexibility index (Phi) is 5.72. The Morgan fingerprint density at radius 1 is 1.19 bits per heavy atom. The van der Waals surface area contributed by atoms with E-state index in [1.54, 1.807) is 13.0 Å². The summed E-state index contributed by atoms with van der Waals surface area (Å²) in [7, 11) is 0. The van der Waals surface area contributed by atoms with Crippen LogP contribution in [0, 0.1) is 12.8 Å². The second kappa shape index (κ2) is 8.06. The third-order valence-electron chi connectivity index (χ3n) is 6.11. The van der Waals surface area contributed by atoms with Crippen LogP contribution in [0.3, 0.4) is 0 Å². The van der Waals surface area contributed by atoms with Gasteiger partial charge in [0.2, 0.25) is 0 Å². The topological polar surface area (TPSA) is 58.0 Å². The van der Waals surface area contributed by atoms with Crippen LogP contribution in [-0.4, -0.2) is 15.1 Å². The van der Waals surface area contributed by atoms with Crippen LogP contribution in [0.25, 0.3) is 10.2 Å². The molecule has 8 heteroatoms. The first-order valence-corrected chi connectivity index (χ1v) is 11.3. The Morgan fingerprint density at radius 3 is 2.58 bits per heavy atom. The van der Waals surface area contributed by atoms with Gasteiger partial charge in [-0.1, -0.05) is 19.1 Å². The molecule has 0 spiro atoms. The summed E-state index contributed by atoms with van der Waals surface area (Å²) in [6, 6.07) is 6.87. The van der Waals surface area contributed by atoms with E-state index in [4.69, 9.17) is 0 Å². The predicted octanol–water partition coefficient (Wildman–Crippen LogP) is 6.59. The molecule has 2 aromatic heterocycles. The van der Waals surface area contributed by atoms with E-state index < -0.39 is 17.3 Å². The molecule has 1 aliphatic carbocycles. The molecule has 1 fully saturated rings. The fourth-order valence-corrected chi connectivity index (χ4v) is 5.33. The van der Waals surface area contributed by atoms with Crippen molar-refractivity contribution in [2.75, 3.05) is 5.32 Å². The van der Waals surface area contributed by atoms with Crippen molar-refractivity contribution in [1.29, 1.82) is 0 Å². The van der Waals surface area contributed by atoms with Crippen molar-refractivity contribution in [3.8, 4) is 0 Å². The van der Waals surface area contributed by atoms with Crippen molar-refractivity contribution in [3.63, 3.8) is 0 Å². The number of rotatable bonds is 4. The molecule has 0 aliphatic heterocycles. The zero-order valence-electron chi connectivity index (χ0n) is 17.8. The quantitative estimate of drug-likeness (QED) is 0.472. The van der Waals surface area contributed by atoms with E-state index in [0.717, 1.165) is 52.9 Å². The van der Waals surface area contributed by atoms with Gasteiger partial charge in [-0.05, 0) is 69.2 Å². The Morgan fingerprint density at radius 2 is 1.90 bits per heavy atom. The lowest BCUT2D eigenvalue weighted by atomic mass is 9.79. The van der Waals surface area contributed by atoms with Gasteiger partial charge in [0.1, 0.15) is 11.6 Å². The second-order valence-corrected chi connectivity index (χ2v) is 9.70. The zero-order chi connectivity index (χ0) is 22.4. The highest BCUT2D eigenvalue weighted by molar-refractivity contribution is 7.19. The number of benzene rings is 1. The Labute approximate surface area is 183 Å². The summed E-state index contributed by atoms with van der Waals surface area (Å²) in [6.45, 7) is 5.80. The van der Waals surface area contributed by atoms with Gasteiger partial charge in [-0.25, -0.2) is 9.97 Å². The highest BCUT2D eigenvalue weighted by Gasteiger charge is 2.35. The lowest BCUT2D eigenvalue weighted by Gasteiger charge is -2.34. The van der Waals surface area contributed by atoms with E-state index in [1.165, 1.54) is 17.4 Å². The number of aromatic nitrogens is 2. The van der Waals surface area contributed by atoms with Crippen molar-refractivity contribution < 1.29 is 18.3 Å². The van der Waals surface area contributed by atoms with Gasteiger partial charge in [0.05, 0.1) is 27.4 Å². The normalized spacial score (nSPS) is 23.1. The molecule has 0 amide bonds. The lowest BCUT2D eigenvalue weighted by molar-refractivity contribution is -0.137. The van der Waals surface area contributed by atoms with E-state index in [1.807, 2.05) is 13.0 Å². The summed E-state index contributed by atoms with van der Waals surface area (Å²) in [5.74, 6) is 1.76. The lowest BCUT2D eigenvalue weighted by Crippen LogP contribution is -2.29. The number of nitrogens with zero attached hydrogens (tertiary/aromatic N) is 2. The molecule has 1 saturated carbocycles. The fourth-order valence-electron chi connectivity index (χ4n) is 4.13. The first kappa shape index (κ1) is 22.0. The standard InChI is InChI=1S/C23H26F3N3OS/c1-13-7-9-22(30,10-8-13)19-12-18-20(31-19)21(29-15(3)28-18)27-14(2)16-5-4-6-17(11-16)23(24,25)26/h4-6,11-14,30H,7-10H2,1-3H3,(H,27,28,29)/t13?,14-,22?/m1/s1. The maximum atomic E-state index is 13.1. The number of thiophene rings is 1. The van der Waals surface area contributed by atoms with E-state index in [9.17, 15) is 18.3 Å². The van der Waals surface area contributed by atoms with Crippen LogP contribution < -0.4 is 5.32 Å². The molecule has 0 radical (unpaired) electrons. The number of halogens is 3. The molecule has 4 rings (SSSR count). The number of fused-ring (bicyclic) bond motifs is 1. The van der Waals surface area contributed by atoms with E-state index >= 15 is 0 Å². The smallest absolute Gasteiger partial charge is 0.384 e. The number of hydrogen-bond acceptors (Lipinski definition) is 5. The fraction of sp³-hybridized carbons (Fsp3) is 0.478. The highest BCUT2D eigenvalue weighted by atomic mass is 32.1. The maximum Gasteiger partial charge on any atom is 0.416 e. The third-order valence-corrected chi connectivity index (χ3v) is 7.44. The zero-order valence-corrected chi connectivity index (χ0v) is 18.6. The Balaban J connectivity index is 1.66. The summed E-state index contributed by atoms with van der Waals surface area (Å²) in [5.41, 5.74) is -0.251. The van der Waals surface area contributed by atoms with Gasteiger partial charge in [-0.2, -0.15) is 13.2 Å². The molecule has 2 N–H and O–H groups in total. The van der Waals surface area contributed by atoms with Gasteiger partial charge in [0, 0.05) is 4.88 Å². The minimum absolute atomic E-state index is 0.385. The van der Waals surface area contributed by atoms with Crippen LogP contribution >= 0.6 is 11.3 Å². The summed E-state index contributed by atoms with van der Waals surface area (Å²) in [4.78, 5) is 9.92. The molecule has 0 unspecified atom stereocenters. The summed E-state index contributed by atoms with van der Waals surface area (Å²) >= 11 is 1.47. The highest BCUT2D eigenvalue weighted by Crippen LogP contribution is 2.44. The molecular formula is C23H26F3N3OS. The van der Waals surface area contributed by atoms with E-state index in [2.05, 4.69) is 22.2 Å². The van der Waals surface area contributed by atoms with Crippen LogP contribution in [0.4, 0.5) is 19.0 Å². The van der Waals surface area contributed by atoms with Gasteiger partial charge in [-0.15, -0.1) is 11.3 Å². The third kappa shape index (κ3) is 4.55. The minimum Gasteiger partial charge on any atom is -0.384 e. The number of alkyl halides is 3. The molecule has 166 valence electrons. The number of nitrogens with one attached hydrogen (secondary N) is 1. The summed E-state index contributed by atoms with van der Waals surface area (Å²) in [6.07, 6.45) is -0.988. The molecule has 0 saturated heterocycles. The first-order valence-electron chi connectivity index (χ1n) is 10.5. The van der Waals surface area contributed by atoms with Gasteiger partial charge in [-0.3, -0.25) is 0 Å². The average molecular weight is 450 g/mol. The van der Waals surface area contributed by atoms with Crippen molar-refractivity contribution in [2.45, 2.75) is 64.3 Å². The molecule has 31 heavy (non-hydrogen) atoms. The van der Waals surface area contributed by atoms with Gasteiger partial charge in [0.15, 0.2) is 0 Å². The maximum absolute atomic E-state index is 13.1. The van der Waals surface area contributed by atoms with Gasteiger partial charge >= 0.3 is 6.18 Å². The van der Waals surface area contributed by atoms with Crippen molar-refractivity contribution in [2.24, 2.45) is 5.92 Å². The summed E-state index contributed by atoms with van der Waals surface area (Å²) < 4.78 is 40.1. The van der Waals surface area contributed by atoms with Crippen molar-refractivity contribution in [1.82, 2.24) is 9.97 Å². The second-order valence-electron chi connectivity index (χ2n) is 8.65. The first-order chi connectivity index (χ1) is 14.5. The van der Waals surface area contributed by atoms with E-state index in [0.29, 0.717) is 23.1 Å². The van der Waals surface area contributed by atoms with Crippen molar-refractivity contribution in [3.05, 3.63) is 52.2 Å². The predicted molar refractivity (Wildman–Crippen MR) is 117 cm³/mol. The summed E-state index contributed by atoms with van der Waals surface area (Å²) in [5, 5.41) is 14.5. The number of hydrogen-bond donors (Lipinski definition) is 2. The molecule has 2 heterocycles. The number of aliphatic hydroxyl groups is 1. The number of anilines is 1. The molecule has 1 atom stereocenters. The van der Waals surface area contributed by atoms with Crippen LogP contribution in [0.15, 0.2) is 30.3 Å². The monoisotopic (exact) mass is 449 g/mol.